The molecule has 13 heteroatoms. The average Bonchev–Trinajstić information content (AvgIpc) is 3.50. The lowest BCUT2D eigenvalue weighted by atomic mass is 10.0. The first-order chi connectivity index (χ1) is 22.2. The molecule has 1 fully saturated rings. The van der Waals surface area contributed by atoms with Gasteiger partial charge in [0.15, 0.2) is 0 Å². The maximum atomic E-state index is 13.9. The van der Waals surface area contributed by atoms with Gasteiger partial charge in [0.2, 0.25) is 17.8 Å². The highest BCUT2D eigenvalue weighted by Crippen LogP contribution is 2.23. The second-order valence-corrected chi connectivity index (χ2v) is 12.4. The summed E-state index contributed by atoms with van der Waals surface area (Å²) in [7, 11) is 2.09. The normalized spacial score (nSPS) is 19.0. The standard InChI is InChI=1S/C33H45N9O4/c1-23(2)19-28-31(44)35-10-13-40-12-9-34-30(40)25-7-5-8-26(20-25)46-18-6-11-42(22-29(43)38-28)32(45)27-21-36-33(37-24(27)3)41-16-14-39(4)15-17-41/h5,7-9,12,20-21,23,28H,6,10-11,13-19,22H2,1-4H3,(H,35,44)(H,38,43)/t28-/m1/s1. The zero-order valence-electron chi connectivity index (χ0n) is 27.2. The Kier molecular flexibility index (Phi) is 10.8. The Morgan fingerprint density at radius 2 is 1.89 bits per heavy atom. The van der Waals surface area contributed by atoms with Gasteiger partial charge < -0.3 is 34.6 Å². The maximum Gasteiger partial charge on any atom is 0.257 e. The predicted octanol–water partition coefficient (Wildman–Crippen LogP) is 1.97. The molecule has 0 aliphatic carbocycles. The molecule has 13 nitrogen and oxygen atoms in total. The molecule has 1 atom stereocenters. The van der Waals surface area contributed by atoms with E-state index in [2.05, 4.69) is 42.4 Å². The number of aryl methyl sites for hydroxylation is 1. The molecule has 2 bridgehead atoms. The molecule has 0 unspecified atom stereocenters. The number of piperazine rings is 1. The number of hydrogen-bond acceptors (Lipinski definition) is 9. The fraction of sp³-hybridized carbons (Fsp3) is 0.515. The predicted molar refractivity (Wildman–Crippen MR) is 175 cm³/mol. The van der Waals surface area contributed by atoms with E-state index < -0.39 is 11.9 Å². The van der Waals surface area contributed by atoms with Crippen LogP contribution in [0.1, 0.15) is 42.7 Å². The Balaban J connectivity index is 1.37. The number of amides is 3. The summed E-state index contributed by atoms with van der Waals surface area (Å²) in [6, 6.07) is 6.95. The lowest BCUT2D eigenvalue weighted by Gasteiger charge is -2.32. The monoisotopic (exact) mass is 631 g/mol. The average molecular weight is 632 g/mol. The highest BCUT2D eigenvalue weighted by molar-refractivity contribution is 5.97. The molecule has 4 heterocycles. The van der Waals surface area contributed by atoms with Crippen LogP contribution >= 0.6 is 0 Å². The second kappa shape index (κ2) is 15.2. The van der Waals surface area contributed by atoms with E-state index in [9.17, 15) is 14.4 Å². The number of carbonyl (C=O) groups is 3. The van der Waals surface area contributed by atoms with Crippen molar-refractivity contribution in [3.8, 4) is 17.1 Å². The summed E-state index contributed by atoms with van der Waals surface area (Å²) >= 11 is 0. The Hall–Kier alpha value is -4.52. The van der Waals surface area contributed by atoms with E-state index in [-0.39, 0.29) is 30.8 Å². The number of aromatic nitrogens is 4. The van der Waals surface area contributed by atoms with E-state index in [1.807, 2.05) is 48.9 Å². The molecule has 1 saturated heterocycles. The Morgan fingerprint density at radius 1 is 1.09 bits per heavy atom. The SMILES string of the molecule is Cc1nc(N2CCN(C)CC2)ncc1C(=O)N1CCCOc2cccc(c2)-c2nccn2CCNC(=O)[C@@H](CC(C)C)NC(=O)C1. The number of anilines is 1. The molecule has 46 heavy (non-hydrogen) atoms. The van der Waals surface area contributed by atoms with Crippen LogP contribution in [-0.4, -0.2) is 113 Å². The van der Waals surface area contributed by atoms with Crippen LogP contribution in [0.2, 0.25) is 0 Å². The first-order valence-corrected chi connectivity index (χ1v) is 16.1. The first-order valence-electron chi connectivity index (χ1n) is 16.1. The summed E-state index contributed by atoms with van der Waals surface area (Å²) in [4.78, 5) is 60.1. The van der Waals surface area contributed by atoms with E-state index in [0.717, 1.165) is 37.6 Å². The van der Waals surface area contributed by atoms with Gasteiger partial charge in [-0.3, -0.25) is 14.4 Å². The molecule has 2 aliphatic heterocycles. The second-order valence-electron chi connectivity index (χ2n) is 12.4. The van der Waals surface area contributed by atoms with E-state index in [1.54, 1.807) is 19.3 Å². The quantitative estimate of drug-likeness (QED) is 0.443. The van der Waals surface area contributed by atoms with Crippen molar-refractivity contribution < 1.29 is 19.1 Å². The van der Waals surface area contributed by atoms with Crippen molar-refractivity contribution in [2.75, 3.05) is 64.4 Å². The lowest BCUT2D eigenvalue weighted by Crippen LogP contribution is -2.51. The fourth-order valence-electron chi connectivity index (χ4n) is 5.71. The van der Waals surface area contributed by atoms with E-state index in [0.29, 0.717) is 55.5 Å². The molecular formula is C33H45N9O4. The summed E-state index contributed by atoms with van der Waals surface area (Å²) in [6.45, 7) is 10.5. The maximum absolute atomic E-state index is 13.9. The highest BCUT2D eigenvalue weighted by Gasteiger charge is 2.27. The molecule has 1 aromatic carbocycles. The van der Waals surface area contributed by atoms with Crippen molar-refractivity contribution >= 4 is 23.7 Å². The molecule has 2 N–H and O–H groups in total. The van der Waals surface area contributed by atoms with Crippen molar-refractivity contribution in [1.29, 1.82) is 0 Å². The minimum atomic E-state index is -0.737. The van der Waals surface area contributed by atoms with E-state index in [4.69, 9.17) is 4.74 Å². The third-order valence-corrected chi connectivity index (χ3v) is 8.26. The molecule has 2 aliphatic rings. The molecular weight excluding hydrogens is 586 g/mol. The Labute approximate surface area is 270 Å². The van der Waals surface area contributed by atoms with Gasteiger partial charge >= 0.3 is 0 Å². The molecule has 246 valence electrons. The summed E-state index contributed by atoms with van der Waals surface area (Å²) in [5.41, 5.74) is 1.79. The molecule has 2 aromatic heterocycles. The van der Waals surface area contributed by atoms with Gasteiger partial charge in [0, 0.05) is 70.0 Å². The van der Waals surface area contributed by atoms with Crippen LogP contribution in [0.25, 0.3) is 11.4 Å². The van der Waals surface area contributed by atoms with Crippen molar-refractivity contribution in [2.24, 2.45) is 5.92 Å². The van der Waals surface area contributed by atoms with Crippen LogP contribution in [0.5, 0.6) is 5.75 Å². The van der Waals surface area contributed by atoms with Gasteiger partial charge in [0.05, 0.1) is 24.4 Å². The zero-order valence-corrected chi connectivity index (χ0v) is 27.2. The van der Waals surface area contributed by atoms with Gasteiger partial charge in [0.25, 0.3) is 5.91 Å². The topological polar surface area (TPSA) is 138 Å². The van der Waals surface area contributed by atoms with Gasteiger partial charge in [-0.15, -0.1) is 0 Å². The van der Waals surface area contributed by atoms with Gasteiger partial charge in [-0.1, -0.05) is 26.0 Å². The lowest BCUT2D eigenvalue weighted by molar-refractivity contribution is -0.129. The van der Waals surface area contributed by atoms with Gasteiger partial charge in [-0.25, -0.2) is 15.0 Å². The van der Waals surface area contributed by atoms with Crippen molar-refractivity contribution in [3.05, 3.63) is 54.1 Å². The Bertz CT molecular complexity index is 1520. The van der Waals surface area contributed by atoms with Crippen molar-refractivity contribution in [3.63, 3.8) is 0 Å². The summed E-state index contributed by atoms with van der Waals surface area (Å²) in [6.07, 6.45) is 6.10. The molecule has 3 aromatic rings. The number of ether oxygens (including phenoxy) is 1. The first kappa shape index (κ1) is 32.9. The number of likely N-dealkylation sites (N-methyl/N-ethyl adjacent to an activating group) is 1. The van der Waals surface area contributed by atoms with Crippen LogP contribution < -0.4 is 20.3 Å². The van der Waals surface area contributed by atoms with E-state index >= 15 is 0 Å². The summed E-state index contributed by atoms with van der Waals surface area (Å²) < 4.78 is 8.04. The van der Waals surface area contributed by atoms with E-state index in [1.165, 1.54) is 4.90 Å². The minimum absolute atomic E-state index is 0.162. The fourth-order valence-corrected chi connectivity index (χ4v) is 5.71. The van der Waals surface area contributed by atoms with Crippen molar-refractivity contribution in [2.45, 2.75) is 46.2 Å². The number of rotatable bonds is 4. The molecule has 0 saturated carbocycles. The molecule has 0 spiro atoms. The van der Waals surface area contributed by atoms with Crippen LogP contribution in [0, 0.1) is 12.8 Å². The Morgan fingerprint density at radius 3 is 2.65 bits per heavy atom. The minimum Gasteiger partial charge on any atom is -0.494 e. The summed E-state index contributed by atoms with van der Waals surface area (Å²) in [5, 5.41) is 5.86. The number of imidazole rings is 1. The van der Waals surface area contributed by atoms with Gasteiger partial charge in [0.1, 0.15) is 17.6 Å². The number of nitrogens with zero attached hydrogens (tertiary/aromatic N) is 7. The van der Waals surface area contributed by atoms with Crippen LogP contribution in [0.3, 0.4) is 0 Å². The molecule has 3 amide bonds. The van der Waals surface area contributed by atoms with Crippen LogP contribution in [0.15, 0.2) is 42.9 Å². The molecule has 5 rings (SSSR count). The van der Waals surface area contributed by atoms with Gasteiger partial charge in [-0.05, 0) is 44.9 Å². The number of carbonyl (C=O) groups excluding carboxylic acids is 3. The highest BCUT2D eigenvalue weighted by atomic mass is 16.5. The number of fused-ring (bicyclic) bond motifs is 4. The smallest absolute Gasteiger partial charge is 0.257 e. The van der Waals surface area contributed by atoms with Crippen molar-refractivity contribution in [1.82, 2.24) is 40.0 Å². The molecule has 0 radical (unpaired) electrons. The number of hydrogen-bond donors (Lipinski definition) is 2. The number of nitrogens with one attached hydrogen (secondary N) is 2. The van der Waals surface area contributed by atoms with Crippen LogP contribution in [0.4, 0.5) is 5.95 Å². The zero-order chi connectivity index (χ0) is 32.6. The van der Waals surface area contributed by atoms with Crippen LogP contribution in [-0.2, 0) is 16.1 Å². The third-order valence-electron chi connectivity index (χ3n) is 8.26. The van der Waals surface area contributed by atoms with Gasteiger partial charge in [-0.2, -0.15) is 0 Å². The largest absolute Gasteiger partial charge is 0.494 e. The third kappa shape index (κ3) is 8.39. The summed E-state index contributed by atoms with van der Waals surface area (Å²) in [5.74, 6) is 1.19. The number of benzene rings is 1.